The summed E-state index contributed by atoms with van der Waals surface area (Å²) in [5, 5.41) is 6.56. The number of nitrogens with zero attached hydrogens (tertiary/aromatic N) is 2. The average Bonchev–Trinajstić information content (AvgIpc) is 2.81. The number of nitrogens with one attached hydrogen (secondary N) is 2. The second kappa shape index (κ2) is 11.5. The van der Waals surface area contributed by atoms with Gasteiger partial charge in [-0.2, -0.15) is 0 Å². The van der Waals surface area contributed by atoms with Gasteiger partial charge in [-0.25, -0.2) is 4.98 Å². The molecule has 31 heavy (non-hydrogen) atoms. The molecule has 2 aromatic carbocycles. The van der Waals surface area contributed by atoms with Crippen LogP contribution in [0.15, 0.2) is 60.7 Å². The quantitative estimate of drug-likeness (QED) is 0.359. The lowest BCUT2D eigenvalue weighted by Crippen LogP contribution is -2.35. The van der Waals surface area contributed by atoms with Crippen LogP contribution in [0.4, 0.5) is 5.69 Å². The molecule has 0 bridgehead atoms. The van der Waals surface area contributed by atoms with Crippen LogP contribution in [0, 0.1) is 0 Å². The van der Waals surface area contributed by atoms with E-state index in [1.165, 1.54) is 0 Å². The van der Waals surface area contributed by atoms with Crippen molar-refractivity contribution in [1.29, 1.82) is 0 Å². The number of aromatic nitrogens is 1. The third-order valence-corrected chi connectivity index (χ3v) is 5.07. The second-order valence-electron chi connectivity index (χ2n) is 6.81. The van der Waals surface area contributed by atoms with Crippen molar-refractivity contribution in [1.82, 2.24) is 15.6 Å². The molecule has 3 rings (SSSR count). The van der Waals surface area contributed by atoms with E-state index in [1.807, 2.05) is 42.5 Å². The van der Waals surface area contributed by atoms with Gasteiger partial charge >= 0.3 is 0 Å². The lowest BCUT2D eigenvalue weighted by molar-refractivity contribution is 0.0925. The molecule has 0 saturated heterocycles. The highest BCUT2D eigenvalue weighted by Crippen LogP contribution is 2.16. The van der Waals surface area contributed by atoms with Crippen molar-refractivity contribution in [3.05, 3.63) is 71.9 Å². The summed E-state index contributed by atoms with van der Waals surface area (Å²) in [7, 11) is 0. The Kier molecular flexibility index (Phi) is 8.50. The first-order valence-electron chi connectivity index (χ1n) is 10.0. The van der Waals surface area contributed by atoms with Crippen LogP contribution in [0.5, 0.6) is 0 Å². The summed E-state index contributed by atoms with van der Waals surface area (Å²) >= 11 is 11.7. The predicted octanol–water partition coefficient (Wildman–Crippen LogP) is 3.68. The highest BCUT2D eigenvalue weighted by Gasteiger charge is 2.10. The van der Waals surface area contributed by atoms with Crippen LogP contribution in [0.25, 0.3) is 10.9 Å². The molecule has 6 nitrogen and oxygen atoms in total. The number of hydrogen-bond acceptors (Lipinski definition) is 4. The molecular formula is C23H24Cl2N4O2. The molecule has 0 spiro atoms. The van der Waals surface area contributed by atoms with Crippen molar-refractivity contribution in [3.63, 3.8) is 0 Å². The molecule has 2 N–H and O–H groups in total. The molecule has 1 aromatic heterocycles. The maximum absolute atomic E-state index is 12.3. The molecule has 0 unspecified atom stereocenters. The van der Waals surface area contributed by atoms with E-state index in [-0.39, 0.29) is 11.8 Å². The summed E-state index contributed by atoms with van der Waals surface area (Å²) in [6, 6.07) is 18.4. The molecule has 2 amide bonds. The monoisotopic (exact) mass is 458 g/mol. The number of hydrogen-bond donors (Lipinski definition) is 2. The van der Waals surface area contributed by atoms with Crippen molar-refractivity contribution >= 4 is 51.6 Å². The van der Waals surface area contributed by atoms with Crippen LogP contribution in [-0.4, -0.2) is 54.7 Å². The number of benzene rings is 2. The van der Waals surface area contributed by atoms with Gasteiger partial charge in [-0.15, -0.1) is 23.2 Å². The van der Waals surface area contributed by atoms with E-state index >= 15 is 0 Å². The molecule has 0 aliphatic rings. The normalized spacial score (nSPS) is 10.6. The van der Waals surface area contributed by atoms with Crippen LogP contribution in [-0.2, 0) is 0 Å². The van der Waals surface area contributed by atoms with Gasteiger partial charge in [0.25, 0.3) is 11.8 Å². The molecular weight excluding hydrogens is 435 g/mol. The zero-order chi connectivity index (χ0) is 22.1. The van der Waals surface area contributed by atoms with E-state index in [9.17, 15) is 9.59 Å². The van der Waals surface area contributed by atoms with Gasteiger partial charge in [0.2, 0.25) is 0 Å². The molecule has 0 fully saturated rings. The molecule has 3 aromatic rings. The number of amides is 2. The Labute approximate surface area is 191 Å². The smallest absolute Gasteiger partial charge is 0.269 e. The van der Waals surface area contributed by atoms with Gasteiger partial charge in [-0.1, -0.05) is 24.3 Å². The van der Waals surface area contributed by atoms with Crippen LogP contribution in [0.2, 0.25) is 0 Å². The minimum Gasteiger partial charge on any atom is -0.369 e. The van der Waals surface area contributed by atoms with Crippen molar-refractivity contribution in [3.8, 4) is 0 Å². The average molecular weight is 459 g/mol. The molecule has 0 aliphatic carbocycles. The Bertz CT molecular complexity index is 1020. The Hall–Kier alpha value is -2.83. The first kappa shape index (κ1) is 22.8. The highest BCUT2D eigenvalue weighted by molar-refractivity contribution is 6.18. The summed E-state index contributed by atoms with van der Waals surface area (Å²) in [6.45, 7) is 1.98. The second-order valence-corrected chi connectivity index (χ2v) is 7.57. The lowest BCUT2D eigenvalue weighted by Gasteiger charge is -2.22. The Morgan fingerprint density at radius 2 is 1.45 bits per heavy atom. The van der Waals surface area contributed by atoms with Gasteiger partial charge in [0, 0.05) is 54.6 Å². The SMILES string of the molecule is O=C(NCCNC(=O)c1ccc2ccccc2n1)c1ccc(N(CCCl)CCCl)cc1. The van der Waals surface area contributed by atoms with Crippen molar-refractivity contribution < 1.29 is 9.59 Å². The molecule has 1 heterocycles. The molecule has 0 saturated carbocycles. The molecule has 162 valence electrons. The Balaban J connectivity index is 1.47. The number of anilines is 1. The minimum absolute atomic E-state index is 0.203. The molecule has 0 radical (unpaired) electrons. The van der Waals surface area contributed by atoms with Gasteiger partial charge < -0.3 is 15.5 Å². The summed E-state index contributed by atoms with van der Waals surface area (Å²) in [5.74, 6) is 0.521. The predicted molar refractivity (Wildman–Crippen MR) is 127 cm³/mol. The minimum atomic E-state index is -0.275. The summed E-state index contributed by atoms with van der Waals surface area (Å²) in [4.78, 5) is 31.1. The fourth-order valence-electron chi connectivity index (χ4n) is 3.13. The van der Waals surface area contributed by atoms with E-state index in [0.29, 0.717) is 49.2 Å². The number of pyridine rings is 1. The van der Waals surface area contributed by atoms with E-state index in [1.54, 1.807) is 18.2 Å². The number of carbonyl (C=O) groups is 2. The zero-order valence-corrected chi connectivity index (χ0v) is 18.5. The Morgan fingerprint density at radius 1 is 0.806 bits per heavy atom. The lowest BCUT2D eigenvalue weighted by atomic mass is 10.2. The standard InChI is InChI=1S/C23H24Cl2N4O2/c24-11-15-29(16-12-25)19-8-5-18(6-9-19)22(30)26-13-14-27-23(31)21-10-7-17-3-1-2-4-20(17)28-21/h1-10H,11-16H2,(H,26,30)(H,27,31). The number of halogens is 2. The number of alkyl halides is 2. The van der Waals surface area contributed by atoms with Gasteiger partial charge in [0.15, 0.2) is 0 Å². The zero-order valence-electron chi connectivity index (χ0n) is 17.0. The maximum Gasteiger partial charge on any atom is 0.269 e. The molecule has 0 atom stereocenters. The van der Waals surface area contributed by atoms with Crippen molar-refractivity contribution in [2.45, 2.75) is 0 Å². The van der Waals surface area contributed by atoms with Crippen LogP contribution < -0.4 is 15.5 Å². The fraction of sp³-hybridized carbons (Fsp3) is 0.261. The van der Waals surface area contributed by atoms with Crippen molar-refractivity contribution in [2.24, 2.45) is 0 Å². The van der Waals surface area contributed by atoms with E-state index in [0.717, 1.165) is 16.6 Å². The first-order chi connectivity index (χ1) is 15.1. The number of rotatable bonds is 10. The van der Waals surface area contributed by atoms with Crippen LogP contribution in [0.1, 0.15) is 20.8 Å². The highest BCUT2D eigenvalue weighted by atomic mass is 35.5. The topological polar surface area (TPSA) is 74.3 Å². The van der Waals surface area contributed by atoms with Gasteiger partial charge in [-0.3, -0.25) is 9.59 Å². The Morgan fingerprint density at radius 3 is 2.13 bits per heavy atom. The first-order valence-corrected chi connectivity index (χ1v) is 11.1. The number of fused-ring (bicyclic) bond motifs is 1. The molecule has 0 aliphatic heterocycles. The van der Waals surface area contributed by atoms with Gasteiger partial charge in [0.1, 0.15) is 5.69 Å². The number of para-hydroxylation sites is 1. The fourth-order valence-corrected chi connectivity index (χ4v) is 3.54. The largest absolute Gasteiger partial charge is 0.369 e. The van der Waals surface area contributed by atoms with Crippen LogP contribution in [0.3, 0.4) is 0 Å². The summed E-state index contributed by atoms with van der Waals surface area (Å²) < 4.78 is 0. The van der Waals surface area contributed by atoms with E-state index < -0.39 is 0 Å². The summed E-state index contributed by atoms with van der Waals surface area (Å²) in [6.07, 6.45) is 0. The summed E-state index contributed by atoms with van der Waals surface area (Å²) in [5.41, 5.74) is 2.62. The molecule has 8 heteroatoms. The third kappa shape index (κ3) is 6.32. The number of carbonyl (C=O) groups excluding carboxylic acids is 2. The van der Waals surface area contributed by atoms with E-state index in [2.05, 4.69) is 20.5 Å². The van der Waals surface area contributed by atoms with E-state index in [4.69, 9.17) is 23.2 Å². The van der Waals surface area contributed by atoms with Crippen LogP contribution >= 0.6 is 23.2 Å². The van der Waals surface area contributed by atoms with Crippen molar-refractivity contribution in [2.75, 3.05) is 42.8 Å². The van der Waals surface area contributed by atoms with Gasteiger partial charge in [0.05, 0.1) is 5.52 Å². The van der Waals surface area contributed by atoms with Gasteiger partial charge in [-0.05, 0) is 36.4 Å². The maximum atomic E-state index is 12.3. The third-order valence-electron chi connectivity index (χ3n) is 4.73.